The summed E-state index contributed by atoms with van der Waals surface area (Å²) < 4.78 is 11.6. The number of carbonyl (C=O) groups excluding carboxylic acids is 1. The lowest BCUT2D eigenvalue weighted by Gasteiger charge is -2.30. The van der Waals surface area contributed by atoms with Crippen LogP contribution in [0.3, 0.4) is 0 Å². The molecule has 0 unspecified atom stereocenters. The summed E-state index contributed by atoms with van der Waals surface area (Å²) in [5.41, 5.74) is 1.55. The van der Waals surface area contributed by atoms with E-state index in [0.717, 1.165) is 24.2 Å². The normalized spacial score (nSPS) is 21.1. The highest BCUT2D eigenvalue weighted by molar-refractivity contribution is 5.95. The first-order chi connectivity index (χ1) is 11.8. The summed E-state index contributed by atoms with van der Waals surface area (Å²) in [7, 11) is 0. The van der Waals surface area contributed by atoms with Crippen molar-refractivity contribution in [1.29, 1.82) is 0 Å². The largest absolute Gasteiger partial charge is 0.465 e. The van der Waals surface area contributed by atoms with Crippen LogP contribution >= 0.6 is 0 Å². The van der Waals surface area contributed by atoms with Crippen molar-refractivity contribution in [3.8, 4) is 0 Å². The Labute approximate surface area is 148 Å². The summed E-state index contributed by atoms with van der Waals surface area (Å²) >= 11 is 0. The molecule has 0 radical (unpaired) electrons. The fourth-order valence-corrected chi connectivity index (χ4v) is 3.07. The Balaban J connectivity index is 1.68. The quantitative estimate of drug-likeness (QED) is 0.918. The maximum atomic E-state index is 12.7. The molecule has 0 spiro atoms. The number of furan rings is 1. The molecule has 3 heterocycles. The minimum Gasteiger partial charge on any atom is -0.465 e. The van der Waals surface area contributed by atoms with Crippen molar-refractivity contribution in [3.05, 3.63) is 53.2 Å². The number of ether oxygens (including phenoxy) is 1. The van der Waals surface area contributed by atoms with E-state index in [1.807, 2.05) is 31.3 Å². The first-order valence-electron chi connectivity index (χ1n) is 8.78. The van der Waals surface area contributed by atoms with Crippen molar-refractivity contribution in [1.82, 2.24) is 10.3 Å². The maximum absolute atomic E-state index is 12.7. The molecule has 134 valence electrons. The molecule has 1 aliphatic heterocycles. The second-order valence-electron chi connectivity index (χ2n) is 7.67. The number of carbonyl (C=O) groups is 1. The van der Waals surface area contributed by atoms with Gasteiger partial charge < -0.3 is 14.5 Å². The van der Waals surface area contributed by atoms with E-state index in [4.69, 9.17) is 9.15 Å². The van der Waals surface area contributed by atoms with Crippen molar-refractivity contribution in [2.24, 2.45) is 0 Å². The van der Waals surface area contributed by atoms with Crippen LogP contribution in [0, 0.1) is 6.92 Å². The minimum atomic E-state index is -0.118. The monoisotopic (exact) mass is 342 g/mol. The lowest BCUT2D eigenvalue weighted by atomic mass is 9.93. The molecule has 1 aliphatic rings. The Morgan fingerprint density at radius 1 is 1.36 bits per heavy atom. The summed E-state index contributed by atoms with van der Waals surface area (Å²) in [4.78, 5) is 16.8. The van der Waals surface area contributed by atoms with Crippen LogP contribution in [0.4, 0.5) is 0 Å². The fourth-order valence-electron chi connectivity index (χ4n) is 3.07. The molecule has 2 aromatic heterocycles. The molecule has 2 atom stereocenters. The van der Waals surface area contributed by atoms with Crippen molar-refractivity contribution in [3.63, 3.8) is 0 Å². The highest BCUT2D eigenvalue weighted by Gasteiger charge is 2.28. The second kappa shape index (κ2) is 7.00. The summed E-state index contributed by atoms with van der Waals surface area (Å²) in [5, 5.41) is 3.14. The summed E-state index contributed by atoms with van der Waals surface area (Å²) in [6.07, 6.45) is 5.11. The van der Waals surface area contributed by atoms with Crippen molar-refractivity contribution in [2.45, 2.75) is 58.1 Å². The Bertz CT molecular complexity index is 731. The highest BCUT2D eigenvalue weighted by atomic mass is 16.5. The minimum absolute atomic E-state index is 0.0247. The van der Waals surface area contributed by atoms with Crippen LogP contribution in [-0.2, 0) is 10.2 Å². The number of pyridine rings is 1. The smallest absolute Gasteiger partial charge is 0.255 e. The summed E-state index contributed by atoms with van der Waals surface area (Å²) in [5.74, 6) is 1.42. The second-order valence-corrected chi connectivity index (χ2v) is 7.67. The van der Waals surface area contributed by atoms with Gasteiger partial charge in [-0.3, -0.25) is 9.78 Å². The summed E-state index contributed by atoms with van der Waals surface area (Å²) in [6, 6.07) is 5.86. The molecular weight excluding hydrogens is 316 g/mol. The van der Waals surface area contributed by atoms with E-state index in [1.165, 1.54) is 0 Å². The third-order valence-electron chi connectivity index (χ3n) is 4.58. The Hall–Kier alpha value is -2.14. The van der Waals surface area contributed by atoms with Crippen molar-refractivity contribution < 1.29 is 13.9 Å². The van der Waals surface area contributed by atoms with Gasteiger partial charge in [0, 0.05) is 30.5 Å². The molecule has 2 aromatic rings. The van der Waals surface area contributed by atoms with Gasteiger partial charge in [0.2, 0.25) is 0 Å². The number of hydrogen-bond donors (Lipinski definition) is 1. The molecule has 0 aromatic carbocycles. The van der Waals surface area contributed by atoms with Gasteiger partial charge in [-0.25, -0.2) is 0 Å². The number of nitrogens with one attached hydrogen (secondary N) is 1. The third-order valence-corrected chi connectivity index (χ3v) is 4.58. The molecule has 25 heavy (non-hydrogen) atoms. The topological polar surface area (TPSA) is 64.4 Å². The van der Waals surface area contributed by atoms with Gasteiger partial charge in [-0.05, 0) is 37.5 Å². The number of aryl methyl sites for hydroxylation is 1. The highest BCUT2D eigenvalue weighted by Crippen LogP contribution is 2.29. The standard InChI is InChI=1S/C20H26N2O3/c1-13-16(11-18(25-13)20(2,3)4)19(23)22-15-7-9-24-17(10-15)14-6-5-8-21-12-14/h5-6,8,11-12,15,17H,7,9-10H2,1-4H3,(H,22,23)/t15-,17-/m1/s1. The molecule has 5 nitrogen and oxygen atoms in total. The molecule has 3 rings (SSSR count). The predicted molar refractivity (Wildman–Crippen MR) is 95.6 cm³/mol. The number of amides is 1. The third kappa shape index (κ3) is 4.10. The Morgan fingerprint density at radius 2 is 2.16 bits per heavy atom. The van der Waals surface area contributed by atoms with Crippen molar-refractivity contribution >= 4 is 5.91 Å². The van der Waals surface area contributed by atoms with Gasteiger partial charge in [-0.15, -0.1) is 0 Å². The van der Waals surface area contributed by atoms with Gasteiger partial charge in [-0.1, -0.05) is 26.8 Å². The zero-order valence-corrected chi connectivity index (χ0v) is 15.3. The van der Waals surface area contributed by atoms with E-state index >= 15 is 0 Å². The molecule has 0 aliphatic carbocycles. The van der Waals surface area contributed by atoms with Gasteiger partial charge in [-0.2, -0.15) is 0 Å². The van der Waals surface area contributed by atoms with Crippen LogP contribution in [0.15, 0.2) is 35.0 Å². The molecule has 1 amide bonds. The Kier molecular flexibility index (Phi) is 4.95. The number of nitrogens with zero attached hydrogens (tertiary/aromatic N) is 1. The van der Waals surface area contributed by atoms with Gasteiger partial charge in [0.25, 0.3) is 5.91 Å². The van der Waals surface area contributed by atoms with E-state index in [1.54, 1.807) is 6.20 Å². The predicted octanol–water partition coefficient (Wildman–Crippen LogP) is 3.93. The molecule has 1 N–H and O–H groups in total. The van der Waals surface area contributed by atoms with Crippen LogP contribution in [-0.4, -0.2) is 23.5 Å². The van der Waals surface area contributed by atoms with E-state index < -0.39 is 0 Å². The average Bonchev–Trinajstić information content (AvgIpc) is 2.98. The molecule has 5 heteroatoms. The zero-order valence-electron chi connectivity index (χ0n) is 15.3. The average molecular weight is 342 g/mol. The number of rotatable bonds is 3. The van der Waals surface area contributed by atoms with E-state index in [0.29, 0.717) is 17.9 Å². The molecule has 1 fully saturated rings. The number of aromatic nitrogens is 1. The van der Waals surface area contributed by atoms with E-state index in [9.17, 15) is 4.79 Å². The van der Waals surface area contributed by atoms with Crippen LogP contribution in [0.25, 0.3) is 0 Å². The van der Waals surface area contributed by atoms with E-state index in [-0.39, 0.29) is 23.5 Å². The Morgan fingerprint density at radius 3 is 2.80 bits per heavy atom. The lowest BCUT2D eigenvalue weighted by Crippen LogP contribution is -2.40. The van der Waals surface area contributed by atoms with Gasteiger partial charge in [0.15, 0.2) is 0 Å². The van der Waals surface area contributed by atoms with E-state index in [2.05, 4.69) is 31.1 Å². The van der Waals surface area contributed by atoms with Crippen molar-refractivity contribution in [2.75, 3.05) is 6.61 Å². The van der Waals surface area contributed by atoms with Gasteiger partial charge in [0.1, 0.15) is 11.5 Å². The van der Waals surface area contributed by atoms with Gasteiger partial charge in [0.05, 0.1) is 11.7 Å². The molecular formula is C20H26N2O3. The molecule has 1 saturated heterocycles. The summed E-state index contributed by atoms with van der Waals surface area (Å²) in [6.45, 7) is 8.69. The van der Waals surface area contributed by atoms with Crippen LogP contribution in [0.5, 0.6) is 0 Å². The number of hydrogen-bond acceptors (Lipinski definition) is 4. The molecule has 0 saturated carbocycles. The first-order valence-corrected chi connectivity index (χ1v) is 8.78. The fraction of sp³-hybridized carbons (Fsp3) is 0.500. The zero-order chi connectivity index (χ0) is 18.0. The molecule has 0 bridgehead atoms. The van der Waals surface area contributed by atoms with Crippen LogP contribution in [0.1, 0.15) is 67.2 Å². The first kappa shape index (κ1) is 17.7. The van der Waals surface area contributed by atoms with Gasteiger partial charge >= 0.3 is 0 Å². The van der Waals surface area contributed by atoms with Crippen LogP contribution < -0.4 is 5.32 Å². The maximum Gasteiger partial charge on any atom is 0.255 e. The lowest BCUT2D eigenvalue weighted by molar-refractivity contribution is 0.000718. The SMILES string of the molecule is Cc1oc(C(C)(C)C)cc1C(=O)N[C@@H]1CCO[C@@H](c2cccnc2)C1. The van der Waals surface area contributed by atoms with Crippen LogP contribution in [0.2, 0.25) is 0 Å².